The average molecular weight is 310 g/mol. The number of rotatable bonds is 5. The first-order chi connectivity index (χ1) is 9.44. The summed E-state index contributed by atoms with van der Waals surface area (Å²) in [6.07, 6.45) is 0. The Morgan fingerprint density at radius 3 is 2.70 bits per heavy atom. The summed E-state index contributed by atoms with van der Waals surface area (Å²) in [7, 11) is -1.68. The van der Waals surface area contributed by atoms with Gasteiger partial charge in [0, 0.05) is 6.54 Å². The van der Waals surface area contributed by atoms with Gasteiger partial charge in [-0.3, -0.25) is 4.72 Å². The first-order valence-electron chi connectivity index (χ1n) is 6.25. The fourth-order valence-electron chi connectivity index (χ4n) is 1.85. The number of anilines is 1. The smallest absolute Gasteiger partial charge is 0.271 e. The molecule has 0 atom stereocenters. The number of sulfonamides is 1. The summed E-state index contributed by atoms with van der Waals surface area (Å²) in [6.45, 7) is 4.53. The molecule has 0 aliphatic heterocycles. The van der Waals surface area contributed by atoms with Crippen molar-refractivity contribution in [2.24, 2.45) is 0 Å². The summed E-state index contributed by atoms with van der Waals surface area (Å²) in [5.41, 5.74) is 3.61. The monoisotopic (exact) mass is 310 g/mol. The van der Waals surface area contributed by atoms with Crippen molar-refractivity contribution in [2.75, 3.05) is 11.8 Å². The van der Waals surface area contributed by atoms with Crippen LogP contribution in [0.5, 0.6) is 0 Å². The van der Waals surface area contributed by atoms with E-state index in [1.165, 1.54) is 11.3 Å². The quantitative estimate of drug-likeness (QED) is 0.893. The number of aryl methyl sites for hydroxylation is 1. The van der Waals surface area contributed by atoms with Crippen LogP contribution in [0.15, 0.2) is 33.9 Å². The Hall–Kier alpha value is -1.37. The third kappa shape index (κ3) is 3.20. The zero-order valence-electron chi connectivity index (χ0n) is 11.7. The second-order valence-electron chi connectivity index (χ2n) is 4.66. The molecule has 0 spiro atoms. The molecule has 1 aromatic heterocycles. The molecule has 0 amide bonds. The molecule has 0 aliphatic carbocycles. The van der Waals surface area contributed by atoms with Gasteiger partial charge in [0.2, 0.25) is 0 Å². The first-order valence-corrected chi connectivity index (χ1v) is 8.61. The zero-order chi connectivity index (χ0) is 14.8. The van der Waals surface area contributed by atoms with Gasteiger partial charge in [0.05, 0.1) is 5.69 Å². The lowest BCUT2D eigenvalue weighted by Crippen LogP contribution is -2.13. The van der Waals surface area contributed by atoms with Crippen LogP contribution >= 0.6 is 11.3 Å². The maximum absolute atomic E-state index is 12.4. The van der Waals surface area contributed by atoms with Gasteiger partial charge in [0.1, 0.15) is 4.21 Å². The van der Waals surface area contributed by atoms with E-state index in [2.05, 4.69) is 10.0 Å². The largest absolute Gasteiger partial charge is 0.316 e. The molecule has 0 saturated heterocycles. The van der Waals surface area contributed by atoms with Gasteiger partial charge in [0.25, 0.3) is 10.0 Å². The Balaban J connectivity index is 2.28. The van der Waals surface area contributed by atoms with Crippen LogP contribution in [0.4, 0.5) is 5.69 Å². The molecule has 1 heterocycles. The SMILES string of the molecule is CNCc1csc(S(=O)(=O)Nc2cccc(C)c2C)c1. The highest BCUT2D eigenvalue weighted by Crippen LogP contribution is 2.25. The Labute approximate surface area is 123 Å². The van der Waals surface area contributed by atoms with Gasteiger partial charge < -0.3 is 5.32 Å². The van der Waals surface area contributed by atoms with Crippen LogP contribution in [0.3, 0.4) is 0 Å². The van der Waals surface area contributed by atoms with Gasteiger partial charge >= 0.3 is 0 Å². The molecule has 4 nitrogen and oxygen atoms in total. The summed E-state index contributed by atoms with van der Waals surface area (Å²) in [5, 5.41) is 4.86. The molecule has 0 saturated carbocycles. The second-order valence-corrected chi connectivity index (χ2v) is 7.48. The highest BCUT2D eigenvalue weighted by atomic mass is 32.2. The maximum Gasteiger partial charge on any atom is 0.271 e. The summed E-state index contributed by atoms with van der Waals surface area (Å²) >= 11 is 1.24. The minimum absolute atomic E-state index is 0.337. The van der Waals surface area contributed by atoms with Crippen LogP contribution in [0, 0.1) is 13.8 Å². The van der Waals surface area contributed by atoms with E-state index in [0.717, 1.165) is 16.7 Å². The fraction of sp³-hybridized carbons (Fsp3) is 0.286. The van der Waals surface area contributed by atoms with Gasteiger partial charge in [-0.1, -0.05) is 12.1 Å². The van der Waals surface area contributed by atoms with Crippen molar-refractivity contribution in [3.8, 4) is 0 Å². The molecule has 0 bridgehead atoms. The summed E-state index contributed by atoms with van der Waals surface area (Å²) < 4.78 is 27.7. The minimum Gasteiger partial charge on any atom is -0.316 e. The lowest BCUT2D eigenvalue weighted by molar-refractivity contribution is 0.603. The van der Waals surface area contributed by atoms with Crippen molar-refractivity contribution < 1.29 is 8.42 Å². The lowest BCUT2D eigenvalue weighted by atomic mass is 10.1. The van der Waals surface area contributed by atoms with Crippen molar-refractivity contribution in [1.82, 2.24) is 5.32 Å². The summed E-state index contributed by atoms with van der Waals surface area (Å²) in [6, 6.07) is 7.29. The Kier molecular flexibility index (Phi) is 4.47. The van der Waals surface area contributed by atoms with Gasteiger partial charge in [-0.25, -0.2) is 8.42 Å². The number of thiophene rings is 1. The highest BCUT2D eigenvalue weighted by Gasteiger charge is 2.18. The Bertz CT molecular complexity index is 706. The molecule has 2 aromatic rings. The minimum atomic E-state index is -3.51. The van der Waals surface area contributed by atoms with Gasteiger partial charge in [0.15, 0.2) is 0 Å². The number of hydrogen-bond acceptors (Lipinski definition) is 4. The van der Waals surface area contributed by atoms with Crippen LogP contribution in [0.2, 0.25) is 0 Å². The van der Waals surface area contributed by atoms with Crippen LogP contribution in [-0.2, 0) is 16.6 Å². The fourth-order valence-corrected chi connectivity index (χ4v) is 4.18. The lowest BCUT2D eigenvalue weighted by Gasteiger charge is -2.10. The number of nitrogens with one attached hydrogen (secondary N) is 2. The maximum atomic E-state index is 12.4. The van der Waals surface area contributed by atoms with Gasteiger partial charge in [-0.05, 0) is 55.1 Å². The molecule has 6 heteroatoms. The third-order valence-corrected chi connectivity index (χ3v) is 5.98. The van der Waals surface area contributed by atoms with Crippen LogP contribution in [0.25, 0.3) is 0 Å². The van der Waals surface area contributed by atoms with Gasteiger partial charge in [-0.2, -0.15) is 0 Å². The van der Waals surface area contributed by atoms with E-state index in [0.29, 0.717) is 16.4 Å². The highest BCUT2D eigenvalue weighted by molar-refractivity contribution is 7.94. The standard InChI is InChI=1S/C14H18N2O2S2/c1-10-5-4-6-13(11(10)2)16-20(17,18)14-7-12(8-15-3)9-19-14/h4-7,9,15-16H,8H2,1-3H3. The summed E-state index contributed by atoms with van der Waals surface area (Å²) in [5.74, 6) is 0. The molecular formula is C14H18N2O2S2. The first kappa shape index (κ1) is 15.0. The molecule has 2 N–H and O–H groups in total. The van der Waals surface area contributed by atoms with Crippen molar-refractivity contribution in [3.63, 3.8) is 0 Å². The Morgan fingerprint density at radius 2 is 2.00 bits per heavy atom. The van der Waals surface area contributed by atoms with E-state index in [9.17, 15) is 8.42 Å². The predicted octanol–water partition coefficient (Wildman–Crippen LogP) is 2.89. The normalized spacial score (nSPS) is 11.6. The van der Waals surface area contributed by atoms with E-state index < -0.39 is 10.0 Å². The number of benzene rings is 1. The molecule has 0 aliphatic rings. The van der Waals surface area contributed by atoms with Crippen molar-refractivity contribution in [3.05, 3.63) is 46.3 Å². The van der Waals surface area contributed by atoms with Crippen molar-refractivity contribution in [1.29, 1.82) is 0 Å². The Morgan fingerprint density at radius 1 is 1.25 bits per heavy atom. The van der Waals surface area contributed by atoms with E-state index in [1.807, 2.05) is 38.4 Å². The van der Waals surface area contributed by atoms with E-state index in [-0.39, 0.29) is 0 Å². The van der Waals surface area contributed by atoms with Crippen molar-refractivity contribution in [2.45, 2.75) is 24.6 Å². The predicted molar refractivity (Wildman–Crippen MR) is 83.8 cm³/mol. The molecule has 0 fully saturated rings. The zero-order valence-corrected chi connectivity index (χ0v) is 13.4. The topological polar surface area (TPSA) is 58.2 Å². The molecule has 0 radical (unpaired) electrons. The van der Waals surface area contributed by atoms with Crippen LogP contribution in [-0.4, -0.2) is 15.5 Å². The van der Waals surface area contributed by atoms with Gasteiger partial charge in [-0.15, -0.1) is 11.3 Å². The average Bonchev–Trinajstić information content (AvgIpc) is 2.85. The number of hydrogen-bond donors (Lipinski definition) is 2. The molecule has 2 rings (SSSR count). The second kappa shape index (κ2) is 5.95. The van der Waals surface area contributed by atoms with E-state index in [1.54, 1.807) is 12.1 Å². The van der Waals surface area contributed by atoms with E-state index >= 15 is 0 Å². The van der Waals surface area contributed by atoms with Crippen LogP contribution < -0.4 is 10.0 Å². The summed E-state index contributed by atoms with van der Waals surface area (Å²) in [4.78, 5) is 0. The third-order valence-electron chi connectivity index (χ3n) is 3.12. The molecular weight excluding hydrogens is 292 g/mol. The molecule has 0 unspecified atom stereocenters. The van der Waals surface area contributed by atoms with Crippen molar-refractivity contribution >= 4 is 27.0 Å². The molecule has 20 heavy (non-hydrogen) atoms. The van der Waals surface area contributed by atoms with E-state index in [4.69, 9.17) is 0 Å². The molecule has 1 aromatic carbocycles. The van der Waals surface area contributed by atoms with Crippen LogP contribution in [0.1, 0.15) is 16.7 Å². The molecule has 108 valence electrons.